The number of hydrogen-bond acceptors (Lipinski definition) is 4. The molecular formula is C27H37N3O3. The first-order valence-electron chi connectivity index (χ1n) is 11.8. The van der Waals surface area contributed by atoms with Crippen molar-refractivity contribution in [3.05, 3.63) is 59.7 Å². The molecule has 0 aliphatic carbocycles. The van der Waals surface area contributed by atoms with Crippen LogP contribution >= 0.6 is 0 Å². The Bertz CT molecular complexity index is 917. The number of nitrogens with zero attached hydrogens (tertiary/aromatic N) is 1. The number of ether oxygens (including phenoxy) is 1. The van der Waals surface area contributed by atoms with Gasteiger partial charge in [0.05, 0.1) is 12.5 Å². The SMILES string of the molecule is CC(C)(C)c1ccc(OCCCC(=O)Nc2ccc(CN3CCCC(C(N)=O)C3)cc2)cc1. The fourth-order valence-corrected chi connectivity index (χ4v) is 4.08. The highest BCUT2D eigenvalue weighted by atomic mass is 16.5. The van der Waals surface area contributed by atoms with Gasteiger partial charge in [-0.15, -0.1) is 0 Å². The van der Waals surface area contributed by atoms with Gasteiger partial charge in [0.1, 0.15) is 5.75 Å². The van der Waals surface area contributed by atoms with Crippen LogP contribution < -0.4 is 15.8 Å². The molecule has 1 aliphatic rings. The highest BCUT2D eigenvalue weighted by Crippen LogP contribution is 2.24. The predicted molar refractivity (Wildman–Crippen MR) is 132 cm³/mol. The number of rotatable bonds is 9. The Balaban J connectivity index is 1.37. The van der Waals surface area contributed by atoms with Crippen molar-refractivity contribution < 1.29 is 14.3 Å². The molecule has 1 unspecified atom stereocenters. The van der Waals surface area contributed by atoms with Crippen LogP contribution in [-0.2, 0) is 21.5 Å². The molecule has 0 bridgehead atoms. The molecule has 2 aromatic rings. The molecule has 6 heteroatoms. The lowest BCUT2D eigenvalue weighted by Gasteiger charge is -2.31. The van der Waals surface area contributed by atoms with Crippen LogP contribution in [-0.4, -0.2) is 36.4 Å². The molecule has 0 aromatic heterocycles. The van der Waals surface area contributed by atoms with Crippen LogP contribution in [0.4, 0.5) is 5.69 Å². The summed E-state index contributed by atoms with van der Waals surface area (Å²) >= 11 is 0. The maximum absolute atomic E-state index is 12.3. The minimum Gasteiger partial charge on any atom is -0.494 e. The van der Waals surface area contributed by atoms with Crippen molar-refractivity contribution >= 4 is 17.5 Å². The zero-order chi connectivity index (χ0) is 23.8. The molecule has 3 rings (SSSR count). The van der Waals surface area contributed by atoms with E-state index in [1.165, 1.54) is 5.56 Å². The zero-order valence-electron chi connectivity index (χ0n) is 20.1. The van der Waals surface area contributed by atoms with Crippen LogP contribution in [0.15, 0.2) is 48.5 Å². The standard InChI is InChI=1S/C27H37N3O3/c1-27(2,3)22-10-14-24(15-11-22)33-17-5-7-25(31)29-23-12-8-20(9-13-23)18-30-16-4-6-21(19-30)26(28)32/h8-15,21H,4-7,16-19H2,1-3H3,(H2,28,32)(H,29,31). The van der Waals surface area contributed by atoms with Gasteiger partial charge in [-0.3, -0.25) is 14.5 Å². The number of piperidine rings is 1. The first-order valence-corrected chi connectivity index (χ1v) is 11.8. The number of amides is 2. The molecule has 1 aliphatic heterocycles. The third-order valence-corrected chi connectivity index (χ3v) is 6.09. The van der Waals surface area contributed by atoms with Gasteiger partial charge < -0.3 is 15.8 Å². The van der Waals surface area contributed by atoms with E-state index < -0.39 is 0 Å². The van der Waals surface area contributed by atoms with Gasteiger partial charge in [0, 0.05) is 25.2 Å². The van der Waals surface area contributed by atoms with E-state index in [9.17, 15) is 9.59 Å². The van der Waals surface area contributed by atoms with Crippen molar-refractivity contribution in [2.24, 2.45) is 11.7 Å². The third-order valence-electron chi connectivity index (χ3n) is 6.09. The van der Waals surface area contributed by atoms with E-state index in [0.717, 1.165) is 49.5 Å². The maximum Gasteiger partial charge on any atom is 0.224 e. The number of primary amides is 1. The number of nitrogens with one attached hydrogen (secondary N) is 1. The van der Waals surface area contributed by atoms with E-state index >= 15 is 0 Å². The van der Waals surface area contributed by atoms with E-state index in [4.69, 9.17) is 10.5 Å². The lowest BCUT2D eigenvalue weighted by molar-refractivity contribution is -0.123. The monoisotopic (exact) mass is 451 g/mol. The minimum atomic E-state index is -0.207. The Labute approximate surface area is 197 Å². The van der Waals surface area contributed by atoms with E-state index in [-0.39, 0.29) is 23.1 Å². The molecule has 2 aromatic carbocycles. The summed E-state index contributed by atoms with van der Waals surface area (Å²) in [5.41, 5.74) is 8.80. The Morgan fingerprint density at radius 2 is 1.79 bits per heavy atom. The molecule has 0 radical (unpaired) electrons. The van der Waals surface area contributed by atoms with Crippen LogP contribution in [0.1, 0.15) is 57.6 Å². The summed E-state index contributed by atoms with van der Waals surface area (Å²) in [7, 11) is 0. The maximum atomic E-state index is 12.3. The number of nitrogens with two attached hydrogens (primary N) is 1. The van der Waals surface area contributed by atoms with Crippen molar-refractivity contribution in [1.82, 2.24) is 4.90 Å². The number of hydrogen-bond donors (Lipinski definition) is 2. The second-order valence-electron chi connectivity index (χ2n) is 9.95. The van der Waals surface area contributed by atoms with E-state index in [1.807, 2.05) is 36.4 Å². The lowest BCUT2D eigenvalue weighted by atomic mass is 9.87. The Kier molecular flexibility index (Phi) is 8.50. The summed E-state index contributed by atoms with van der Waals surface area (Å²) in [5, 5.41) is 2.95. The molecule has 0 saturated carbocycles. The molecule has 1 heterocycles. The number of benzene rings is 2. The van der Waals surface area contributed by atoms with Crippen molar-refractivity contribution in [3.8, 4) is 5.75 Å². The highest BCUT2D eigenvalue weighted by Gasteiger charge is 2.23. The highest BCUT2D eigenvalue weighted by molar-refractivity contribution is 5.90. The molecule has 3 N–H and O–H groups in total. The number of carbonyl (C=O) groups is 2. The van der Waals surface area contributed by atoms with Gasteiger partial charge in [0.15, 0.2) is 0 Å². The lowest BCUT2D eigenvalue weighted by Crippen LogP contribution is -2.40. The zero-order valence-corrected chi connectivity index (χ0v) is 20.1. The van der Waals surface area contributed by atoms with Gasteiger partial charge in [0.25, 0.3) is 0 Å². The van der Waals surface area contributed by atoms with Crippen LogP contribution in [0, 0.1) is 5.92 Å². The average molecular weight is 452 g/mol. The van der Waals surface area contributed by atoms with Crippen molar-refractivity contribution in [1.29, 1.82) is 0 Å². The third kappa shape index (κ3) is 7.90. The normalized spacial score (nSPS) is 16.9. The quantitative estimate of drug-likeness (QED) is 0.551. The molecule has 33 heavy (non-hydrogen) atoms. The predicted octanol–water partition coefficient (Wildman–Crippen LogP) is 4.48. The molecule has 1 fully saturated rings. The first-order chi connectivity index (χ1) is 15.7. The van der Waals surface area contributed by atoms with Gasteiger partial charge in [-0.2, -0.15) is 0 Å². The Hall–Kier alpha value is -2.86. The Morgan fingerprint density at radius 3 is 2.42 bits per heavy atom. The largest absolute Gasteiger partial charge is 0.494 e. The van der Waals surface area contributed by atoms with Gasteiger partial charge in [-0.05, 0) is 66.6 Å². The summed E-state index contributed by atoms with van der Waals surface area (Å²) in [6.45, 7) is 9.54. The van der Waals surface area contributed by atoms with Crippen molar-refractivity contribution in [2.75, 3.05) is 25.0 Å². The summed E-state index contributed by atoms with van der Waals surface area (Å²) in [5.74, 6) is 0.551. The van der Waals surface area contributed by atoms with Crippen molar-refractivity contribution in [2.45, 2.75) is 58.4 Å². The second kappa shape index (κ2) is 11.3. The van der Waals surface area contributed by atoms with Gasteiger partial charge in [-0.1, -0.05) is 45.0 Å². The first kappa shape index (κ1) is 24.8. The van der Waals surface area contributed by atoms with Gasteiger partial charge in [0.2, 0.25) is 11.8 Å². The summed E-state index contributed by atoms with van der Waals surface area (Å²) in [6, 6.07) is 16.0. The van der Waals surface area contributed by atoms with Crippen molar-refractivity contribution in [3.63, 3.8) is 0 Å². The topological polar surface area (TPSA) is 84.7 Å². The summed E-state index contributed by atoms with van der Waals surface area (Å²) < 4.78 is 5.77. The van der Waals surface area contributed by atoms with Crippen LogP contribution in [0.5, 0.6) is 5.75 Å². The van der Waals surface area contributed by atoms with Gasteiger partial charge in [-0.25, -0.2) is 0 Å². The summed E-state index contributed by atoms with van der Waals surface area (Å²) in [4.78, 5) is 26.0. The van der Waals surface area contributed by atoms with E-state index in [2.05, 4.69) is 43.1 Å². The van der Waals surface area contributed by atoms with Crippen LogP contribution in [0.2, 0.25) is 0 Å². The molecule has 1 atom stereocenters. The molecular weight excluding hydrogens is 414 g/mol. The number of likely N-dealkylation sites (tertiary alicyclic amines) is 1. The molecule has 178 valence electrons. The average Bonchev–Trinajstić information content (AvgIpc) is 2.78. The molecule has 6 nitrogen and oxygen atoms in total. The van der Waals surface area contributed by atoms with Crippen LogP contribution in [0.25, 0.3) is 0 Å². The number of carbonyl (C=O) groups excluding carboxylic acids is 2. The molecule has 1 saturated heterocycles. The molecule has 2 amide bonds. The fourth-order valence-electron chi connectivity index (χ4n) is 4.08. The minimum absolute atomic E-state index is 0.0187. The number of anilines is 1. The Morgan fingerprint density at radius 1 is 1.09 bits per heavy atom. The smallest absolute Gasteiger partial charge is 0.224 e. The van der Waals surface area contributed by atoms with E-state index in [1.54, 1.807) is 0 Å². The van der Waals surface area contributed by atoms with Crippen LogP contribution in [0.3, 0.4) is 0 Å². The molecule has 0 spiro atoms. The van der Waals surface area contributed by atoms with Gasteiger partial charge >= 0.3 is 0 Å². The second-order valence-corrected chi connectivity index (χ2v) is 9.95. The fraction of sp³-hybridized carbons (Fsp3) is 0.481. The summed E-state index contributed by atoms with van der Waals surface area (Å²) in [6.07, 6.45) is 2.93. The van der Waals surface area contributed by atoms with E-state index in [0.29, 0.717) is 19.4 Å².